The van der Waals surface area contributed by atoms with Gasteiger partial charge in [-0.25, -0.2) is 14.7 Å². The summed E-state index contributed by atoms with van der Waals surface area (Å²) < 4.78 is 1.88. The zero-order valence-corrected chi connectivity index (χ0v) is 22.6. The summed E-state index contributed by atoms with van der Waals surface area (Å²) in [5.41, 5.74) is 0.0208. The fourth-order valence-corrected chi connectivity index (χ4v) is 8.73. The van der Waals surface area contributed by atoms with Gasteiger partial charge in [-0.1, -0.05) is 37.8 Å². The molecular formula is C30H39N5O3. The summed E-state index contributed by atoms with van der Waals surface area (Å²) in [6.07, 6.45) is 13.8. The highest BCUT2D eigenvalue weighted by atomic mass is 16.2. The highest BCUT2D eigenvalue weighted by Gasteiger charge is 2.48. The molecule has 38 heavy (non-hydrogen) atoms. The van der Waals surface area contributed by atoms with Gasteiger partial charge in [-0.05, 0) is 82.8 Å². The first kappa shape index (κ1) is 24.3. The van der Waals surface area contributed by atoms with Crippen molar-refractivity contribution in [3.63, 3.8) is 0 Å². The topological polar surface area (TPSA) is 87.5 Å². The van der Waals surface area contributed by atoms with E-state index >= 15 is 0 Å². The molecule has 0 spiro atoms. The van der Waals surface area contributed by atoms with Gasteiger partial charge in [0.15, 0.2) is 0 Å². The van der Waals surface area contributed by atoms with E-state index in [0.29, 0.717) is 23.6 Å². The highest BCUT2D eigenvalue weighted by molar-refractivity contribution is 6.22. The van der Waals surface area contributed by atoms with Gasteiger partial charge in [0, 0.05) is 24.2 Å². The van der Waals surface area contributed by atoms with Gasteiger partial charge in [0.25, 0.3) is 11.5 Å². The summed E-state index contributed by atoms with van der Waals surface area (Å²) >= 11 is 0. The molecule has 1 aromatic carbocycles. The predicted octanol–water partition coefficient (Wildman–Crippen LogP) is 4.76. The average molecular weight is 518 g/mol. The lowest BCUT2D eigenvalue weighted by Crippen LogP contribution is -2.58. The Bertz CT molecular complexity index is 1330. The van der Waals surface area contributed by atoms with Crippen LogP contribution < -0.4 is 15.8 Å². The van der Waals surface area contributed by atoms with Gasteiger partial charge in [-0.15, -0.1) is 0 Å². The first-order valence-corrected chi connectivity index (χ1v) is 14.8. The Morgan fingerprint density at radius 3 is 2.13 bits per heavy atom. The minimum absolute atomic E-state index is 0.0255. The standard InChI is InChI=1S/C30H39N5O3/c1-30(2)28(37)35(29(38)32-30)26-27(36)34(25-12-4-3-11-24(25)31-26)23-16-20-9-6-10-21(17-23)33(20)22-14-18-7-5-8-19(13-18)15-22/h3-4,11-12,18-23H,5-10,13-17H2,1-2H3,(H,32,38)/t18-,19+,20-,21+,22?,23?. The summed E-state index contributed by atoms with van der Waals surface area (Å²) in [5.74, 6) is 1.27. The van der Waals surface area contributed by atoms with Gasteiger partial charge in [0.1, 0.15) is 5.54 Å². The molecular weight excluding hydrogens is 478 g/mol. The molecule has 0 radical (unpaired) electrons. The van der Waals surface area contributed by atoms with Crippen molar-refractivity contribution in [1.82, 2.24) is 19.8 Å². The van der Waals surface area contributed by atoms with Crippen molar-refractivity contribution < 1.29 is 9.59 Å². The molecule has 3 aliphatic heterocycles. The molecule has 3 saturated heterocycles. The molecule has 202 valence electrons. The molecule has 2 aromatic rings. The van der Waals surface area contributed by atoms with Crippen molar-refractivity contribution in [2.75, 3.05) is 4.90 Å². The smallest absolute Gasteiger partial charge is 0.323 e. The molecule has 5 fully saturated rings. The van der Waals surface area contributed by atoms with E-state index in [0.717, 1.165) is 35.1 Å². The summed E-state index contributed by atoms with van der Waals surface area (Å²) in [7, 11) is 0. The van der Waals surface area contributed by atoms with Crippen molar-refractivity contribution in [3.05, 3.63) is 34.6 Å². The predicted molar refractivity (Wildman–Crippen MR) is 146 cm³/mol. The molecule has 6 atom stereocenters. The summed E-state index contributed by atoms with van der Waals surface area (Å²) in [4.78, 5) is 48.5. The molecule has 2 saturated carbocycles. The van der Waals surface area contributed by atoms with E-state index in [1.807, 2.05) is 28.8 Å². The molecule has 1 aromatic heterocycles. The number of rotatable bonds is 3. The highest BCUT2D eigenvalue weighted by Crippen LogP contribution is 2.47. The number of hydrogen-bond acceptors (Lipinski definition) is 5. The Hall–Kier alpha value is -2.74. The Morgan fingerprint density at radius 1 is 0.816 bits per heavy atom. The molecule has 4 heterocycles. The Morgan fingerprint density at radius 2 is 1.47 bits per heavy atom. The second-order valence-corrected chi connectivity index (χ2v) is 13.1. The van der Waals surface area contributed by atoms with Gasteiger partial charge in [0.05, 0.1) is 11.0 Å². The third kappa shape index (κ3) is 3.81. The number of imide groups is 1. The maximum absolute atomic E-state index is 14.1. The SMILES string of the molecule is CC1(C)NC(=O)N(c2nc3ccccc3n(C3C[C@H]4CCC[C@@H](C3)N4C3C[C@H]4CCC[C@@H](C3)C4)c2=O)C1=O. The minimum Gasteiger partial charge on any atom is -0.323 e. The number of amides is 3. The van der Waals surface area contributed by atoms with Crippen molar-refractivity contribution in [1.29, 1.82) is 0 Å². The number of nitrogens with one attached hydrogen (secondary N) is 1. The Kier molecular flexibility index (Phi) is 5.69. The van der Waals surface area contributed by atoms with Crippen LogP contribution in [0.2, 0.25) is 0 Å². The second-order valence-electron chi connectivity index (χ2n) is 13.1. The molecule has 3 amide bonds. The van der Waals surface area contributed by atoms with Crippen LogP contribution in [0.4, 0.5) is 10.6 Å². The largest absolute Gasteiger partial charge is 0.331 e. The van der Waals surface area contributed by atoms with Gasteiger partial charge in [-0.2, -0.15) is 0 Å². The van der Waals surface area contributed by atoms with Crippen molar-refractivity contribution in [3.8, 4) is 0 Å². The van der Waals surface area contributed by atoms with Gasteiger partial charge < -0.3 is 9.88 Å². The first-order valence-electron chi connectivity index (χ1n) is 14.8. The summed E-state index contributed by atoms with van der Waals surface area (Å²) in [6.45, 7) is 3.31. The van der Waals surface area contributed by atoms with Gasteiger partial charge in [0.2, 0.25) is 5.82 Å². The van der Waals surface area contributed by atoms with Gasteiger partial charge in [-0.3, -0.25) is 14.5 Å². The van der Waals surface area contributed by atoms with E-state index in [1.165, 1.54) is 57.8 Å². The lowest BCUT2D eigenvalue weighted by atomic mass is 9.68. The molecule has 4 bridgehead atoms. The zero-order chi connectivity index (χ0) is 26.2. The molecule has 2 unspecified atom stereocenters. The number of piperidine rings is 2. The lowest BCUT2D eigenvalue weighted by molar-refractivity contribution is -0.121. The fraction of sp³-hybridized carbons (Fsp3) is 0.667. The van der Waals surface area contributed by atoms with E-state index in [2.05, 4.69) is 15.2 Å². The fourth-order valence-electron chi connectivity index (χ4n) is 8.73. The molecule has 1 N–H and O–H groups in total. The monoisotopic (exact) mass is 517 g/mol. The second kappa shape index (κ2) is 8.90. The minimum atomic E-state index is -1.07. The molecule has 8 heteroatoms. The average Bonchev–Trinajstić information content (AvgIpc) is 3.08. The van der Waals surface area contributed by atoms with E-state index in [9.17, 15) is 14.4 Å². The van der Waals surface area contributed by atoms with Crippen LogP contribution in [0, 0.1) is 11.8 Å². The van der Waals surface area contributed by atoms with Crippen molar-refractivity contribution >= 4 is 28.8 Å². The number of para-hydroxylation sites is 2. The zero-order valence-electron chi connectivity index (χ0n) is 22.6. The van der Waals surface area contributed by atoms with Crippen LogP contribution in [-0.4, -0.2) is 50.1 Å². The van der Waals surface area contributed by atoms with E-state index in [1.54, 1.807) is 13.8 Å². The number of aromatic nitrogens is 2. The molecule has 7 rings (SSSR count). The number of urea groups is 1. The number of anilines is 1. The number of fused-ring (bicyclic) bond motifs is 5. The van der Waals surface area contributed by atoms with Crippen LogP contribution >= 0.6 is 0 Å². The maximum Gasteiger partial charge on any atom is 0.331 e. The number of hydrogen-bond donors (Lipinski definition) is 1. The van der Waals surface area contributed by atoms with Crippen molar-refractivity contribution in [2.45, 2.75) is 114 Å². The van der Waals surface area contributed by atoms with Gasteiger partial charge >= 0.3 is 6.03 Å². The van der Waals surface area contributed by atoms with Crippen LogP contribution in [0.15, 0.2) is 29.1 Å². The quantitative estimate of drug-likeness (QED) is 0.594. The lowest BCUT2D eigenvalue weighted by Gasteiger charge is -2.55. The number of benzene rings is 1. The third-order valence-corrected chi connectivity index (χ3v) is 10.2. The van der Waals surface area contributed by atoms with Crippen LogP contribution in [0.25, 0.3) is 11.0 Å². The summed E-state index contributed by atoms with van der Waals surface area (Å²) in [6, 6.07) is 8.74. The number of carbonyl (C=O) groups excluding carboxylic acids is 2. The first-order chi connectivity index (χ1) is 18.3. The Labute approximate surface area is 223 Å². The van der Waals surface area contributed by atoms with Crippen LogP contribution in [0.1, 0.15) is 90.5 Å². The Balaban J connectivity index is 1.26. The molecule has 8 nitrogen and oxygen atoms in total. The number of nitrogens with zero attached hydrogens (tertiary/aromatic N) is 4. The normalized spacial score (nSPS) is 34.9. The van der Waals surface area contributed by atoms with Crippen LogP contribution in [0.5, 0.6) is 0 Å². The van der Waals surface area contributed by atoms with Crippen LogP contribution in [0.3, 0.4) is 0 Å². The third-order valence-electron chi connectivity index (χ3n) is 10.2. The van der Waals surface area contributed by atoms with E-state index in [-0.39, 0.29) is 17.4 Å². The van der Waals surface area contributed by atoms with E-state index in [4.69, 9.17) is 0 Å². The van der Waals surface area contributed by atoms with E-state index < -0.39 is 17.5 Å². The molecule has 2 aliphatic carbocycles. The van der Waals surface area contributed by atoms with Crippen molar-refractivity contribution in [2.24, 2.45) is 11.8 Å². The molecule has 5 aliphatic rings. The number of carbonyl (C=O) groups is 2. The van der Waals surface area contributed by atoms with Crippen LogP contribution in [-0.2, 0) is 4.79 Å². The summed E-state index contributed by atoms with van der Waals surface area (Å²) in [5, 5.41) is 2.70. The maximum atomic E-state index is 14.1.